The van der Waals surface area contributed by atoms with Gasteiger partial charge in [-0.25, -0.2) is 0 Å². The summed E-state index contributed by atoms with van der Waals surface area (Å²) in [5.74, 6) is 0. The third kappa shape index (κ3) is 19.0. The van der Waals surface area contributed by atoms with Gasteiger partial charge in [-0.2, -0.15) is 0 Å². The van der Waals surface area contributed by atoms with Crippen molar-refractivity contribution in [3.8, 4) is 0 Å². The SMILES string of the molecule is C=CCCCCO[C@@H](CO)C(O)CCCCCCCCCCCCCCCC. The minimum Gasteiger partial charge on any atom is -0.394 e. The van der Waals surface area contributed by atoms with Crippen molar-refractivity contribution in [3.05, 3.63) is 12.7 Å². The van der Waals surface area contributed by atoms with Gasteiger partial charge in [-0.3, -0.25) is 0 Å². The number of unbranched alkanes of at least 4 members (excludes halogenated alkanes) is 15. The van der Waals surface area contributed by atoms with E-state index in [1.165, 1.54) is 83.5 Å². The van der Waals surface area contributed by atoms with Gasteiger partial charge in [0.25, 0.3) is 0 Å². The summed E-state index contributed by atoms with van der Waals surface area (Å²) in [5.41, 5.74) is 0. The number of hydrogen-bond acceptors (Lipinski definition) is 3. The Bertz CT molecular complexity index is 306. The van der Waals surface area contributed by atoms with Gasteiger partial charge in [-0.05, 0) is 25.7 Å². The van der Waals surface area contributed by atoms with Crippen LogP contribution in [-0.4, -0.2) is 35.6 Å². The topological polar surface area (TPSA) is 49.7 Å². The van der Waals surface area contributed by atoms with Crippen molar-refractivity contribution < 1.29 is 14.9 Å². The first kappa shape index (κ1) is 27.6. The van der Waals surface area contributed by atoms with Gasteiger partial charge in [0.2, 0.25) is 0 Å². The fourth-order valence-electron chi connectivity index (χ4n) is 3.64. The number of hydrogen-bond donors (Lipinski definition) is 2. The van der Waals surface area contributed by atoms with Gasteiger partial charge < -0.3 is 14.9 Å². The fourth-order valence-corrected chi connectivity index (χ4v) is 3.64. The highest BCUT2D eigenvalue weighted by Gasteiger charge is 2.18. The molecule has 0 aromatic rings. The third-order valence-electron chi connectivity index (χ3n) is 5.60. The van der Waals surface area contributed by atoms with Crippen molar-refractivity contribution in [3.63, 3.8) is 0 Å². The molecule has 0 amide bonds. The maximum Gasteiger partial charge on any atom is 0.106 e. The Kier molecular flexibility index (Phi) is 22.6. The Balaban J connectivity index is 3.38. The lowest BCUT2D eigenvalue weighted by Gasteiger charge is -2.21. The average molecular weight is 399 g/mol. The number of ether oxygens (including phenoxy) is 1. The van der Waals surface area contributed by atoms with Crippen molar-refractivity contribution in [1.29, 1.82) is 0 Å². The van der Waals surface area contributed by atoms with Crippen molar-refractivity contribution >= 4 is 0 Å². The van der Waals surface area contributed by atoms with Gasteiger partial charge in [0.1, 0.15) is 6.10 Å². The van der Waals surface area contributed by atoms with Crippen LogP contribution in [0.5, 0.6) is 0 Å². The molecule has 3 heteroatoms. The summed E-state index contributed by atoms with van der Waals surface area (Å²) in [6, 6.07) is 0. The minimum absolute atomic E-state index is 0.0960. The number of aliphatic hydroxyl groups is 2. The largest absolute Gasteiger partial charge is 0.394 e. The maximum absolute atomic E-state index is 10.2. The molecule has 28 heavy (non-hydrogen) atoms. The first-order chi connectivity index (χ1) is 13.8. The summed E-state index contributed by atoms with van der Waals surface area (Å²) in [5, 5.41) is 19.6. The first-order valence-electron chi connectivity index (χ1n) is 12.3. The summed E-state index contributed by atoms with van der Waals surface area (Å²) < 4.78 is 5.63. The van der Waals surface area contributed by atoms with Crippen LogP contribution < -0.4 is 0 Å². The molecule has 168 valence electrons. The van der Waals surface area contributed by atoms with Crippen LogP contribution in [0.1, 0.15) is 122 Å². The molecule has 0 aromatic carbocycles. The Labute approximate surface area is 176 Å². The lowest BCUT2D eigenvalue weighted by atomic mass is 10.0. The molecule has 2 N–H and O–H groups in total. The second-order valence-electron chi connectivity index (χ2n) is 8.33. The van der Waals surface area contributed by atoms with E-state index in [1.807, 2.05) is 6.08 Å². The molecule has 0 aliphatic rings. The van der Waals surface area contributed by atoms with E-state index >= 15 is 0 Å². The summed E-state index contributed by atoms with van der Waals surface area (Å²) in [7, 11) is 0. The van der Waals surface area contributed by atoms with Crippen LogP contribution in [0.25, 0.3) is 0 Å². The van der Waals surface area contributed by atoms with Crippen molar-refractivity contribution in [2.45, 2.75) is 135 Å². The molecule has 0 bridgehead atoms. The van der Waals surface area contributed by atoms with E-state index in [0.29, 0.717) is 6.61 Å². The lowest BCUT2D eigenvalue weighted by Crippen LogP contribution is -2.32. The zero-order valence-corrected chi connectivity index (χ0v) is 18.9. The molecule has 0 aromatic heterocycles. The van der Waals surface area contributed by atoms with Gasteiger partial charge in [0.15, 0.2) is 0 Å². The van der Waals surface area contributed by atoms with Crippen LogP contribution >= 0.6 is 0 Å². The molecule has 0 saturated carbocycles. The second kappa shape index (κ2) is 22.9. The zero-order valence-electron chi connectivity index (χ0n) is 18.9. The van der Waals surface area contributed by atoms with Crippen LogP contribution in [-0.2, 0) is 4.74 Å². The molecule has 2 atom stereocenters. The standard InChI is InChI=1S/C25H50O3/c1-3-5-7-9-10-11-12-13-14-15-16-17-18-19-21-24(27)25(23-26)28-22-20-8-6-4-2/h4,24-27H,2-3,5-23H2,1H3/t24?,25-/m0/s1. The summed E-state index contributed by atoms with van der Waals surface area (Å²) in [4.78, 5) is 0. The summed E-state index contributed by atoms with van der Waals surface area (Å²) in [6.45, 7) is 6.49. The molecule has 0 saturated heterocycles. The van der Waals surface area contributed by atoms with Crippen LogP contribution in [0.15, 0.2) is 12.7 Å². The summed E-state index contributed by atoms with van der Waals surface area (Å²) >= 11 is 0. The highest BCUT2D eigenvalue weighted by Crippen LogP contribution is 2.15. The van der Waals surface area contributed by atoms with Gasteiger partial charge >= 0.3 is 0 Å². The van der Waals surface area contributed by atoms with Gasteiger partial charge in [-0.15, -0.1) is 6.58 Å². The molecule has 0 spiro atoms. The van der Waals surface area contributed by atoms with E-state index in [1.54, 1.807) is 0 Å². The second-order valence-corrected chi connectivity index (χ2v) is 8.33. The van der Waals surface area contributed by atoms with E-state index in [-0.39, 0.29) is 6.61 Å². The number of aliphatic hydroxyl groups excluding tert-OH is 2. The van der Waals surface area contributed by atoms with Crippen LogP contribution in [0.2, 0.25) is 0 Å². The van der Waals surface area contributed by atoms with Crippen LogP contribution in [0.4, 0.5) is 0 Å². The van der Waals surface area contributed by atoms with Gasteiger partial charge in [0.05, 0.1) is 12.7 Å². The van der Waals surface area contributed by atoms with Crippen molar-refractivity contribution in [2.24, 2.45) is 0 Å². The zero-order chi connectivity index (χ0) is 20.7. The lowest BCUT2D eigenvalue weighted by molar-refractivity contribution is -0.0670. The Hall–Kier alpha value is -0.380. The maximum atomic E-state index is 10.2. The highest BCUT2D eigenvalue weighted by atomic mass is 16.5. The molecule has 0 fully saturated rings. The van der Waals surface area contributed by atoms with Crippen molar-refractivity contribution in [1.82, 2.24) is 0 Å². The minimum atomic E-state index is -0.540. The number of allylic oxidation sites excluding steroid dienone is 1. The van der Waals surface area contributed by atoms with Crippen LogP contribution in [0.3, 0.4) is 0 Å². The van der Waals surface area contributed by atoms with E-state index in [2.05, 4.69) is 13.5 Å². The Morgan fingerprint density at radius 2 is 1.25 bits per heavy atom. The van der Waals surface area contributed by atoms with E-state index in [0.717, 1.165) is 32.1 Å². The van der Waals surface area contributed by atoms with Crippen LogP contribution in [0, 0.1) is 0 Å². The van der Waals surface area contributed by atoms with Crippen molar-refractivity contribution in [2.75, 3.05) is 13.2 Å². The van der Waals surface area contributed by atoms with Gasteiger partial charge in [0, 0.05) is 6.61 Å². The number of rotatable bonds is 23. The smallest absolute Gasteiger partial charge is 0.106 e. The molecule has 0 aliphatic heterocycles. The normalized spacial score (nSPS) is 13.5. The van der Waals surface area contributed by atoms with E-state index in [9.17, 15) is 10.2 Å². The van der Waals surface area contributed by atoms with Gasteiger partial charge in [-0.1, -0.05) is 103 Å². The monoisotopic (exact) mass is 398 g/mol. The molecule has 0 aliphatic carbocycles. The molecule has 0 rings (SSSR count). The Morgan fingerprint density at radius 3 is 1.71 bits per heavy atom. The quantitative estimate of drug-likeness (QED) is 0.145. The average Bonchev–Trinajstić information content (AvgIpc) is 2.70. The summed E-state index contributed by atoms with van der Waals surface area (Å²) in [6.07, 6.45) is 23.4. The molecular weight excluding hydrogens is 348 g/mol. The molecule has 1 unspecified atom stereocenters. The predicted octanol–water partition coefficient (Wildman–Crippen LogP) is 6.95. The molecular formula is C25H50O3. The molecule has 3 nitrogen and oxygen atoms in total. The predicted molar refractivity (Wildman–Crippen MR) is 122 cm³/mol. The first-order valence-corrected chi connectivity index (χ1v) is 12.3. The Morgan fingerprint density at radius 1 is 0.750 bits per heavy atom. The third-order valence-corrected chi connectivity index (χ3v) is 5.60. The molecule has 0 heterocycles. The fraction of sp³-hybridized carbons (Fsp3) is 0.920. The highest BCUT2D eigenvalue weighted by molar-refractivity contribution is 4.69. The van der Waals surface area contributed by atoms with E-state index in [4.69, 9.17) is 4.74 Å². The molecule has 0 radical (unpaired) electrons. The van der Waals surface area contributed by atoms with E-state index < -0.39 is 12.2 Å².